The zero-order valence-electron chi connectivity index (χ0n) is 33.8. The summed E-state index contributed by atoms with van der Waals surface area (Å²) in [5.41, 5.74) is -3.89. The second-order valence-electron chi connectivity index (χ2n) is 17.2. The fraction of sp³-hybridized carbons (Fsp3) is 0.833. The molecule has 1 heterocycles. The summed E-state index contributed by atoms with van der Waals surface area (Å²) in [4.78, 5) is 15.2. The Bertz CT molecular complexity index is 1480. The standard InChI is InChI=1S/C42H66O11S/c1-9-48-24-40(44)28(5)52-37(41(45,25-49-10-2)36(40)47-8)53-30-18-20-38(6)29(22-30)14-17-33-32(38)19-21-39(7)35(43)34(23-42(33,39)51-26-50-11-3)54(46)31-15-12-27(4)13-16-31/h12-13,15-16,28-30,32-34,36-37,44-45H,9-11,14,17-26H2,1-8H3/t28-,29?,30?,32-,33-,34?,36+,37+,38+,39-,40-,41-,42-,54?/m1/s1. The molecule has 54 heavy (non-hydrogen) atoms. The van der Waals surface area contributed by atoms with Crippen molar-refractivity contribution in [1.82, 2.24) is 0 Å². The van der Waals surface area contributed by atoms with Crippen molar-refractivity contribution in [2.45, 2.75) is 151 Å². The zero-order chi connectivity index (χ0) is 39.1. The van der Waals surface area contributed by atoms with Crippen LogP contribution >= 0.6 is 0 Å². The Morgan fingerprint density at radius 1 is 0.889 bits per heavy atom. The van der Waals surface area contributed by atoms with Gasteiger partial charge in [-0.1, -0.05) is 24.6 Å². The number of carbonyl (C=O) groups is 1. The lowest BCUT2D eigenvalue weighted by atomic mass is 9.44. The molecule has 0 amide bonds. The predicted molar refractivity (Wildman–Crippen MR) is 203 cm³/mol. The van der Waals surface area contributed by atoms with Crippen LogP contribution < -0.4 is 0 Å². The minimum atomic E-state index is -1.79. The molecule has 11 nitrogen and oxygen atoms in total. The predicted octanol–water partition coefficient (Wildman–Crippen LogP) is 5.51. The van der Waals surface area contributed by atoms with Crippen LogP contribution in [0, 0.1) is 35.5 Å². The van der Waals surface area contributed by atoms with Gasteiger partial charge in [-0.15, -0.1) is 0 Å². The Labute approximate surface area is 324 Å². The van der Waals surface area contributed by atoms with Crippen molar-refractivity contribution in [3.63, 3.8) is 0 Å². The van der Waals surface area contributed by atoms with Gasteiger partial charge in [0, 0.05) is 31.8 Å². The lowest BCUT2D eigenvalue weighted by Gasteiger charge is -2.63. The van der Waals surface area contributed by atoms with Gasteiger partial charge in [0.1, 0.15) is 23.7 Å². The van der Waals surface area contributed by atoms with Gasteiger partial charge in [0.05, 0.1) is 47.2 Å². The Morgan fingerprint density at radius 2 is 1.56 bits per heavy atom. The summed E-state index contributed by atoms with van der Waals surface area (Å²) in [7, 11) is -0.0231. The van der Waals surface area contributed by atoms with Crippen LogP contribution in [-0.4, -0.2) is 114 Å². The van der Waals surface area contributed by atoms with E-state index in [4.69, 9.17) is 33.2 Å². The second kappa shape index (κ2) is 16.5. The zero-order valence-corrected chi connectivity index (χ0v) is 34.6. The molecule has 6 rings (SSSR count). The van der Waals surface area contributed by atoms with Crippen LogP contribution in [0.3, 0.4) is 0 Å². The van der Waals surface area contributed by atoms with Gasteiger partial charge in [0.25, 0.3) is 0 Å². The minimum Gasteiger partial charge on any atom is -0.382 e. The van der Waals surface area contributed by atoms with Crippen LogP contribution in [0.25, 0.3) is 0 Å². The van der Waals surface area contributed by atoms with Crippen LogP contribution in [0.15, 0.2) is 29.2 Å². The third kappa shape index (κ3) is 7.00. The van der Waals surface area contributed by atoms with Crippen LogP contribution in [0.5, 0.6) is 0 Å². The van der Waals surface area contributed by atoms with Gasteiger partial charge >= 0.3 is 0 Å². The highest BCUT2D eigenvalue weighted by atomic mass is 32.2. The number of methoxy groups -OCH3 is 1. The van der Waals surface area contributed by atoms with Gasteiger partial charge in [-0.05, 0) is 128 Å². The van der Waals surface area contributed by atoms with Crippen molar-refractivity contribution in [2.75, 3.05) is 46.9 Å². The van der Waals surface area contributed by atoms with E-state index in [0.717, 1.165) is 44.1 Å². The molecule has 0 aromatic heterocycles. The monoisotopic (exact) mass is 778 g/mol. The van der Waals surface area contributed by atoms with Gasteiger partial charge in [-0.2, -0.15) is 0 Å². The average molecular weight is 779 g/mol. The summed E-state index contributed by atoms with van der Waals surface area (Å²) in [6.07, 6.45) is 3.21. The molecule has 0 spiro atoms. The third-order valence-electron chi connectivity index (χ3n) is 14.5. The van der Waals surface area contributed by atoms with E-state index in [1.807, 2.05) is 52.0 Å². The summed E-state index contributed by atoms with van der Waals surface area (Å²) >= 11 is 0. The van der Waals surface area contributed by atoms with Crippen molar-refractivity contribution >= 4 is 16.6 Å². The molecule has 4 saturated carbocycles. The molecule has 0 radical (unpaired) electrons. The number of ketones is 1. The topological polar surface area (TPSA) is 139 Å². The van der Waals surface area contributed by atoms with E-state index in [0.29, 0.717) is 49.4 Å². The van der Waals surface area contributed by atoms with E-state index >= 15 is 0 Å². The molecule has 4 aliphatic carbocycles. The Hall–Kier alpha value is -1.32. The van der Waals surface area contributed by atoms with Crippen molar-refractivity contribution < 1.29 is 52.4 Å². The molecule has 0 bridgehead atoms. The minimum absolute atomic E-state index is 0.0293. The molecule has 306 valence electrons. The number of aryl methyl sites for hydroxylation is 1. The molecule has 5 aliphatic rings. The number of rotatable bonds is 15. The maximum atomic E-state index is 14.5. The molecule has 12 heteroatoms. The van der Waals surface area contributed by atoms with Crippen molar-refractivity contribution in [3.8, 4) is 0 Å². The number of carbonyl (C=O) groups excluding carboxylic acids is 1. The van der Waals surface area contributed by atoms with E-state index in [1.165, 1.54) is 7.11 Å². The number of fused-ring (bicyclic) bond motifs is 5. The number of aliphatic hydroxyl groups is 2. The first-order valence-electron chi connectivity index (χ1n) is 20.4. The van der Waals surface area contributed by atoms with E-state index in [-0.39, 0.29) is 43.2 Å². The van der Waals surface area contributed by atoms with Crippen LogP contribution in [-0.2, 0) is 48.8 Å². The first kappa shape index (κ1) is 42.3. The van der Waals surface area contributed by atoms with Crippen molar-refractivity contribution in [1.29, 1.82) is 0 Å². The molecular weight excluding hydrogens is 713 g/mol. The summed E-state index contributed by atoms with van der Waals surface area (Å²) in [6, 6.07) is 7.69. The van der Waals surface area contributed by atoms with Crippen molar-refractivity contribution in [2.24, 2.45) is 28.6 Å². The van der Waals surface area contributed by atoms with Crippen LogP contribution in [0.2, 0.25) is 0 Å². The first-order valence-corrected chi connectivity index (χ1v) is 21.6. The van der Waals surface area contributed by atoms with Crippen LogP contribution in [0.1, 0.15) is 98.5 Å². The summed E-state index contributed by atoms with van der Waals surface area (Å²) in [5.74, 6) is 0.821. The second-order valence-corrected chi connectivity index (χ2v) is 18.8. The highest BCUT2D eigenvalue weighted by Crippen LogP contribution is 2.68. The third-order valence-corrected chi connectivity index (χ3v) is 16.2. The van der Waals surface area contributed by atoms with E-state index < -0.39 is 56.8 Å². The molecular formula is C42H66O11S. The summed E-state index contributed by atoms with van der Waals surface area (Å²) in [6.45, 7) is 15.1. The maximum absolute atomic E-state index is 14.5. The number of Topliss-reactive ketones (excluding diaryl/α,β-unsaturated/α-hetero) is 1. The molecule has 1 saturated heterocycles. The SMILES string of the molecule is CCOCO[C@@]12CC(S(=O)c3ccc(C)cc3)C(=O)[C@@]1(C)CC[C@@H]1[C@H]2CCC2CC(O[C@@H]3O[C@H](C)[C@](O)(COCC)[C@H](OC)[C@]3(O)COCC)CC[C@@]21C. The quantitative estimate of drug-likeness (QED) is 0.133. The number of ether oxygens (including phenoxy) is 7. The lowest BCUT2D eigenvalue weighted by Crippen LogP contribution is -2.75. The van der Waals surface area contributed by atoms with Gasteiger partial charge in [0.2, 0.25) is 0 Å². The lowest BCUT2D eigenvalue weighted by molar-refractivity contribution is -0.386. The summed E-state index contributed by atoms with van der Waals surface area (Å²) in [5, 5.41) is 23.4. The molecule has 1 aromatic carbocycles. The average Bonchev–Trinajstić information content (AvgIpc) is 3.39. The fourth-order valence-corrected chi connectivity index (χ4v) is 13.0. The Balaban J connectivity index is 1.23. The first-order chi connectivity index (χ1) is 25.7. The summed E-state index contributed by atoms with van der Waals surface area (Å²) < 4.78 is 57.2. The van der Waals surface area contributed by atoms with E-state index in [1.54, 1.807) is 6.92 Å². The molecule has 5 fully saturated rings. The van der Waals surface area contributed by atoms with E-state index in [2.05, 4.69) is 13.8 Å². The van der Waals surface area contributed by atoms with Gasteiger partial charge in [-0.25, -0.2) is 0 Å². The molecule has 14 atom stereocenters. The Morgan fingerprint density at radius 3 is 2.20 bits per heavy atom. The number of hydrogen-bond acceptors (Lipinski definition) is 11. The van der Waals surface area contributed by atoms with Gasteiger partial charge in [-0.3, -0.25) is 9.00 Å². The maximum Gasteiger partial charge on any atom is 0.192 e. The number of hydrogen-bond donors (Lipinski definition) is 2. The number of benzene rings is 1. The van der Waals surface area contributed by atoms with Gasteiger partial charge < -0.3 is 43.4 Å². The molecule has 4 unspecified atom stereocenters. The fourth-order valence-electron chi connectivity index (χ4n) is 11.4. The van der Waals surface area contributed by atoms with Crippen LogP contribution in [0.4, 0.5) is 0 Å². The normalized spacial score (nSPS) is 44.0. The largest absolute Gasteiger partial charge is 0.382 e. The van der Waals surface area contributed by atoms with Crippen molar-refractivity contribution in [3.05, 3.63) is 29.8 Å². The van der Waals surface area contributed by atoms with Gasteiger partial charge in [0.15, 0.2) is 17.7 Å². The highest BCUT2D eigenvalue weighted by Gasteiger charge is 2.72. The Kier molecular flexibility index (Phi) is 12.9. The van der Waals surface area contributed by atoms with E-state index in [9.17, 15) is 19.2 Å². The highest BCUT2D eigenvalue weighted by molar-refractivity contribution is 7.86. The smallest absolute Gasteiger partial charge is 0.192 e. The molecule has 1 aliphatic heterocycles. The molecule has 1 aromatic rings. The molecule has 2 N–H and O–H groups in total.